The van der Waals surface area contributed by atoms with Gasteiger partial charge in [-0.2, -0.15) is 0 Å². The van der Waals surface area contributed by atoms with Gasteiger partial charge in [0.05, 0.1) is 16.4 Å². The summed E-state index contributed by atoms with van der Waals surface area (Å²) in [5, 5.41) is 5.78. The summed E-state index contributed by atoms with van der Waals surface area (Å²) in [6.07, 6.45) is 1.24. The first-order valence-electron chi connectivity index (χ1n) is 10.8. The number of ether oxygens (including phenoxy) is 1. The van der Waals surface area contributed by atoms with Gasteiger partial charge in [-0.1, -0.05) is 53.0 Å². The highest BCUT2D eigenvalue weighted by Crippen LogP contribution is 2.30. The number of rotatable bonds is 6. The quantitative estimate of drug-likeness (QED) is 0.301. The Morgan fingerprint density at radius 2 is 1.76 bits per heavy atom. The highest BCUT2D eigenvalue weighted by atomic mass is 35.5. The van der Waals surface area contributed by atoms with Gasteiger partial charge in [0, 0.05) is 15.6 Å². The molecule has 1 heterocycles. The van der Waals surface area contributed by atoms with Gasteiger partial charge in [0.2, 0.25) is 0 Å². The maximum absolute atomic E-state index is 13.2. The zero-order valence-electron chi connectivity index (χ0n) is 19.2. The molecule has 0 spiro atoms. The lowest BCUT2D eigenvalue weighted by Gasteiger charge is -2.26. The van der Waals surface area contributed by atoms with Gasteiger partial charge >= 0.3 is 6.03 Å². The molecular formula is C26H18Cl3N3O5. The Labute approximate surface area is 226 Å². The largest absolute Gasteiger partial charge is 0.483 e. The highest BCUT2D eigenvalue weighted by molar-refractivity contribution is 6.40. The van der Waals surface area contributed by atoms with E-state index in [9.17, 15) is 19.2 Å². The molecule has 1 fully saturated rings. The molecule has 0 atom stereocenters. The Balaban J connectivity index is 1.60. The van der Waals surface area contributed by atoms with Crippen molar-refractivity contribution in [3.05, 3.63) is 92.4 Å². The Kier molecular flexibility index (Phi) is 7.83. The second-order valence-electron chi connectivity index (χ2n) is 7.89. The van der Waals surface area contributed by atoms with Gasteiger partial charge in [0.25, 0.3) is 17.7 Å². The van der Waals surface area contributed by atoms with E-state index < -0.39 is 30.4 Å². The van der Waals surface area contributed by atoms with E-state index >= 15 is 0 Å². The van der Waals surface area contributed by atoms with Crippen LogP contribution in [0.4, 0.5) is 16.2 Å². The Morgan fingerprint density at radius 3 is 2.49 bits per heavy atom. The van der Waals surface area contributed by atoms with Crippen molar-refractivity contribution in [2.24, 2.45) is 0 Å². The SMILES string of the molecule is Cc1ccc(N2C(=O)NC(=O)/C(=C\c3cc(Cl)ccc3OCC(=O)Nc3ccccc3Cl)C2=O)cc1Cl. The van der Waals surface area contributed by atoms with E-state index in [4.69, 9.17) is 39.5 Å². The molecule has 0 radical (unpaired) electrons. The van der Waals surface area contributed by atoms with E-state index in [0.29, 0.717) is 20.8 Å². The summed E-state index contributed by atoms with van der Waals surface area (Å²) in [7, 11) is 0. The zero-order chi connectivity index (χ0) is 26.7. The van der Waals surface area contributed by atoms with Gasteiger partial charge in [-0.3, -0.25) is 19.7 Å². The Morgan fingerprint density at radius 1 is 1.00 bits per heavy atom. The third-order valence-electron chi connectivity index (χ3n) is 5.29. The Hall–Kier alpha value is -3.85. The van der Waals surface area contributed by atoms with Crippen LogP contribution in [0.25, 0.3) is 6.08 Å². The predicted octanol–water partition coefficient (Wildman–Crippen LogP) is 5.64. The number of benzene rings is 3. The third-order valence-corrected chi connectivity index (χ3v) is 6.27. The van der Waals surface area contributed by atoms with E-state index in [1.54, 1.807) is 37.3 Å². The molecule has 3 aromatic carbocycles. The van der Waals surface area contributed by atoms with E-state index in [2.05, 4.69) is 10.6 Å². The average molecular weight is 559 g/mol. The summed E-state index contributed by atoms with van der Waals surface area (Å²) in [6, 6.07) is 14.9. The van der Waals surface area contributed by atoms with Crippen LogP contribution in [0.2, 0.25) is 15.1 Å². The van der Waals surface area contributed by atoms with Crippen LogP contribution in [0, 0.1) is 6.92 Å². The number of imide groups is 2. The molecule has 1 saturated heterocycles. The first-order valence-corrected chi connectivity index (χ1v) is 11.9. The number of hydrogen-bond donors (Lipinski definition) is 2. The molecule has 37 heavy (non-hydrogen) atoms. The average Bonchev–Trinajstić information content (AvgIpc) is 2.84. The molecule has 3 aromatic rings. The fourth-order valence-electron chi connectivity index (χ4n) is 3.42. The minimum atomic E-state index is -0.911. The molecule has 5 amide bonds. The van der Waals surface area contributed by atoms with E-state index in [1.807, 2.05) is 0 Å². The van der Waals surface area contributed by atoms with Gasteiger partial charge in [0.1, 0.15) is 11.3 Å². The van der Waals surface area contributed by atoms with Crippen molar-refractivity contribution in [1.29, 1.82) is 0 Å². The lowest BCUT2D eigenvalue weighted by atomic mass is 10.1. The number of halogens is 3. The number of carbonyl (C=O) groups is 4. The van der Waals surface area contributed by atoms with Crippen molar-refractivity contribution >= 4 is 76.0 Å². The molecule has 4 rings (SSSR count). The predicted molar refractivity (Wildman–Crippen MR) is 142 cm³/mol. The van der Waals surface area contributed by atoms with Crippen LogP contribution in [0.1, 0.15) is 11.1 Å². The van der Waals surface area contributed by atoms with Crippen LogP contribution in [0.3, 0.4) is 0 Å². The van der Waals surface area contributed by atoms with Crippen molar-refractivity contribution < 1.29 is 23.9 Å². The molecule has 1 aliphatic heterocycles. The summed E-state index contributed by atoms with van der Waals surface area (Å²) in [6.45, 7) is 1.38. The van der Waals surface area contributed by atoms with Crippen LogP contribution in [0.5, 0.6) is 5.75 Å². The summed E-state index contributed by atoms with van der Waals surface area (Å²) in [5.74, 6) is -2.07. The molecule has 8 nitrogen and oxygen atoms in total. The third kappa shape index (κ3) is 5.94. The summed E-state index contributed by atoms with van der Waals surface area (Å²) >= 11 is 18.4. The van der Waals surface area contributed by atoms with Crippen molar-refractivity contribution in [2.75, 3.05) is 16.8 Å². The van der Waals surface area contributed by atoms with E-state index in [1.165, 1.54) is 36.4 Å². The van der Waals surface area contributed by atoms with Crippen LogP contribution in [0.15, 0.2) is 66.2 Å². The van der Waals surface area contributed by atoms with Gasteiger partial charge in [-0.15, -0.1) is 0 Å². The number of barbiturate groups is 1. The molecule has 188 valence electrons. The van der Waals surface area contributed by atoms with Gasteiger partial charge in [0.15, 0.2) is 6.61 Å². The molecule has 0 saturated carbocycles. The monoisotopic (exact) mass is 557 g/mol. The lowest BCUT2D eigenvalue weighted by molar-refractivity contribution is -0.122. The van der Waals surface area contributed by atoms with Crippen LogP contribution >= 0.6 is 34.8 Å². The first-order chi connectivity index (χ1) is 17.6. The molecule has 0 aromatic heterocycles. The normalized spacial score (nSPS) is 14.5. The number of aryl methyl sites for hydroxylation is 1. The fourth-order valence-corrected chi connectivity index (χ4v) is 3.96. The topological polar surface area (TPSA) is 105 Å². The number of anilines is 2. The summed E-state index contributed by atoms with van der Waals surface area (Å²) < 4.78 is 5.64. The number of nitrogens with zero attached hydrogens (tertiary/aromatic N) is 1. The smallest absolute Gasteiger partial charge is 0.335 e. The first kappa shape index (κ1) is 26.2. The number of nitrogens with one attached hydrogen (secondary N) is 2. The minimum absolute atomic E-state index is 0.175. The minimum Gasteiger partial charge on any atom is -0.483 e. The van der Waals surface area contributed by atoms with Crippen molar-refractivity contribution in [3.63, 3.8) is 0 Å². The van der Waals surface area contributed by atoms with Gasteiger partial charge in [-0.05, 0) is 61.0 Å². The number of amides is 5. The second kappa shape index (κ2) is 11.0. The fraction of sp³-hybridized carbons (Fsp3) is 0.0769. The molecule has 0 aliphatic carbocycles. The summed E-state index contributed by atoms with van der Waals surface area (Å²) in [4.78, 5) is 51.5. The number of hydrogen-bond acceptors (Lipinski definition) is 5. The van der Waals surface area contributed by atoms with Crippen LogP contribution < -0.4 is 20.3 Å². The maximum Gasteiger partial charge on any atom is 0.335 e. The molecule has 0 bridgehead atoms. The zero-order valence-corrected chi connectivity index (χ0v) is 21.4. The molecule has 11 heteroatoms. The lowest BCUT2D eigenvalue weighted by Crippen LogP contribution is -2.54. The second-order valence-corrected chi connectivity index (χ2v) is 9.14. The van der Waals surface area contributed by atoms with Crippen molar-refractivity contribution in [2.45, 2.75) is 6.92 Å². The van der Waals surface area contributed by atoms with E-state index in [-0.39, 0.29) is 22.6 Å². The van der Waals surface area contributed by atoms with Gasteiger partial charge < -0.3 is 10.1 Å². The maximum atomic E-state index is 13.2. The van der Waals surface area contributed by atoms with E-state index in [0.717, 1.165) is 10.5 Å². The molecule has 2 N–H and O–H groups in total. The van der Waals surface area contributed by atoms with Crippen LogP contribution in [-0.4, -0.2) is 30.4 Å². The number of para-hydroxylation sites is 1. The number of carbonyl (C=O) groups excluding carboxylic acids is 4. The van der Waals surface area contributed by atoms with Crippen LogP contribution in [-0.2, 0) is 14.4 Å². The van der Waals surface area contributed by atoms with Gasteiger partial charge in [-0.25, -0.2) is 9.69 Å². The highest BCUT2D eigenvalue weighted by Gasteiger charge is 2.37. The molecular weight excluding hydrogens is 541 g/mol. The number of urea groups is 1. The molecule has 1 aliphatic rings. The summed E-state index contributed by atoms with van der Waals surface area (Å²) in [5.41, 5.74) is 1.26. The van der Waals surface area contributed by atoms with Crippen molar-refractivity contribution in [1.82, 2.24) is 5.32 Å². The van der Waals surface area contributed by atoms with Crippen molar-refractivity contribution in [3.8, 4) is 5.75 Å². The molecule has 0 unspecified atom stereocenters. The Bertz CT molecular complexity index is 1470. The standard InChI is InChI=1S/C26H18Cl3N3O5/c1-14-6-8-17(12-20(14)29)32-25(35)18(24(34)31-26(32)36)11-15-10-16(27)7-9-22(15)37-13-23(33)30-21-5-3-2-4-19(21)28/h2-12H,13H2,1H3,(H,30,33)(H,31,34,36)/b18-11+.